The normalized spacial score (nSPS) is 17.6. The third kappa shape index (κ3) is 4.70. The van der Waals surface area contributed by atoms with E-state index >= 15 is 0 Å². The minimum atomic E-state index is -0.407. The van der Waals surface area contributed by atoms with E-state index < -0.39 is 5.82 Å². The summed E-state index contributed by atoms with van der Waals surface area (Å²) in [7, 11) is 6.91. The SMILES string of the molecule is COc1cc(CN2CC3(CN(C(=O)Nc4cccc(F)c4)C3)c3c(n(C)c4cc(OC)ccc34)[C@H]2CO)cc(OC)c1. The van der Waals surface area contributed by atoms with Crippen molar-refractivity contribution in [2.24, 2.45) is 7.05 Å². The molecule has 1 spiro atoms. The highest BCUT2D eigenvalue weighted by molar-refractivity contribution is 5.92. The van der Waals surface area contributed by atoms with Crippen LogP contribution in [0.2, 0.25) is 0 Å². The fourth-order valence-corrected chi connectivity index (χ4v) is 6.68. The van der Waals surface area contributed by atoms with Crippen LogP contribution in [-0.4, -0.2) is 73.1 Å². The van der Waals surface area contributed by atoms with Crippen molar-refractivity contribution < 1.29 is 28.5 Å². The highest BCUT2D eigenvalue weighted by Crippen LogP contribution is 2.50. The first-order chi connectivity index (χ1) is 20.3. The van der Waals surface area contributed by atoms with Crippen molar-refractivity contribution in [1.82, 2.24) is 14.4 Å². The van der Waals surface area contributed by atoms with Crippen molar-refractivity contribution in [3.8, 4) is 17.2 Å². The fraction of sp³-hybridized carbons (Fsp3) is 0.344. The predicted octanol–water partition coefficient (Wildman–Crippen LogP) is 4.68. The minimum Gasteiger partial charge on any atom is -0.497 e. The highest BCUT2D eigenvalue weighted by Gasteiger charge is 2.54. The number of methoxy groups -OCH3 is 3. The molecule has 2 aliphatic heterocycles. The molecule has 0 saturated carbocycles. The monoisotopic (exact) mass is 574 g/mol. The van der Waals surface area contributed by atoms with Crippen LogP contribution < -0.4 is 19.5 Å². The van der Waals surface area contributed by atoms with Crippen LogP contribution >= 0.6 is 0 Å². The number of likely N-dealkylation sites (tertiary alicyclic amines) is 1. The Morgan fingerprint density at radius 3 is 2.33 bits per heavy atom. The Morgan fingerprint density at radius 2 is 1.69 bits per heavy atom. The molecule has 6 rings (SSSR count). The van der Waals surface area contributed by atoms with Gasteiger partial charge in [-0.2, -0.15) is 0 Å². The van der Waals surface area contributed by atoms with E-state index in [-0.39, 0.29) is 24.1 Å². The number of amides is 2. The van der Waals surface area contributed by atoms with Gasteiger partial charge >= 0.3 is 6.03 Å². The average molecular weight is 575 g/mol. The number of nitrogens with one attached hydrogen (secondary N) is 1. The fourth-order valence-electron chi connectivity index (χ4n) is 6.68. The van der Waals surface area contributed by atoms with Crippen molar-refractivity contribution >= 4 is 22.6 Å². The van der Waals surface area contributed by atoms with Gasteiger partial charge in [-0.15, -0.1) is 0 Å². The highest BCUT2D eigenvalue weighted by atomic mass is 19.1. The van der Waals surface area contributed by atoms with Crippen molar-refractivity contribution in [2.45, 2.75) is 18.0 Å². The zero-order valence-corrected chi connectivity index (χ0v) is 24.2. The van der Waals surface area contributed by atoms with Crippen LogP contribution in [0, 0.1) is 5.82 Å². The quantitative estimate of drug-likeness (QED) is 0.334. The average Bonchev–Trinajstić information content (AvgIpc) is 3.27. The molecule has 1 aromatic heterocycles. The first-order valence-electron chi connectivity index (χ1n) is 13.8. The molecule has 0 aliphatic carbocycles. The molecule has 220 valence electrons. The van der Waals surface area contributed by atoms with Crippen molar-refractivity contribution in [3.63, 3.8) is 0 Å². The summed E-state index contributed by atoms with van der Waals surface area (Å²) in [6, 6.07) is 17.2. The molecule has 2 amide bonds. The number of carbonyl (C=O) groups is 1. The number of aliphatic hydroxyl groups is 1. The van der Waals surface area contributed by atoms with Gasteiger partial charge in [-0.3, -0.25) is 4.90 Å². The summed E-state index contributed by atoms with van der Waals surface area (Å²) in [6.45, 7) is 2.04. The summed E-state index contributed by atoms with van der Waals surface area (Å²) in [5, 5.41) is 14.7. The second kappa shape index (κ2) is 10.8. The van der Waals surface area contributed by atoms with Gasteiger partial charge in [0, 0.05) is 67.5 Å². The Morgan fingerprint density at radius 1 is 0.976 bits per heavy atom. The Bertz CT molecular complexity index is 1630. The van der Waals surface area contributed by atoms with Crippen LogP contribution in [0.1, 0.15) is 22.9 Å². The zero-order valence-electron chi connectivity index (χ0n) is 24.2. The molecule has 10 heteroatoms. The molecule has 1 fully saturated rings. The van der Waals surface area contributed by atoms with E-state index in [1.165, 1.54) is 12.1 Å². The summed E-state index contributed by atoms with van der Waals surface area (Å²) in [4.78, 5) is 17.2. The number of benzene rings is 3. The Labute approximate surface area is 244 Å². The maximum atomic E-state index is 13.7. The second-order valence-electron chi connectivity index (χ2n) is 11.1. The van der Waals surface area contributed by atoms with Crippen molar-refractivity contribution in [1.29, 1.82) is 0 Å². The third-order valence-electron chi connectivity index (χ3n) is 8.57. The molecule has 3 aromatic carbocycles. The summed E-state index contributed by atoms with van der Waals surface area (Å²) in [5.41, 5.74) is 4.20. The number of ether oxygens (including phenoxy) is 3. The Balaban J connectivity index is 1.39. The van der Waals surface area contributed by atoms with Gasteiger partial charge in [0.1, 0.15) is 23.1 Å². The van der Waals surface area contributed by atoms with E-state index in [1.807, 2.05) is 37.4 Å². The van der Waals surface area contributed by atoms with Gasteiger partial charge in [0.2, 0.25) is 0 Å². The molecule has 2 aliphatic rings. The molecule has 3 heterocycles. The Hall–Kier alpha value is -4.28. The first kappa shape index (κ1) is 27.9. The number of hydrogen-bond donors (Lipinski definition) is 2. The third-order valence-corrected chi connectivity index (χ3v) is 8.57. The van der Waals surface area contributed by atoms with Crippen LogP contribution in [0.4, 0.5) is 14.9 Å². The lowest BCUT2D eigenvalue weighted by Gasteiger charge is -2.56. The van der Waals surface area contributed by atoms with Gasteiger partial charge in [-0.05, 0) is 53.6 Å². The summed E-state index contributed by atoms with van der Waals surface area (Å²) < 4.78 is 32.4. The molecule has 4 aromatic rings. The predicted molar refractivity (Wildman–Crippen MR) is 158 cm³/mol. The van der Waals surface area contributed by atoms with Crippen LogP contribution in [-0.2, 0) is 19.0 Å². The number of nitrogens with zero attached hydrogens (tertiary/aromatic N) is 3. The van der Waals surface area contributed by atoms with Gasteiger partial charge in [-0.1, -0.05) is 6.07 Å². The smallest absolute Gasteiger partial charge is 0.321 e. The number of rotatable bonds is 7. The molecule has 9 nitrogen and oxygen atoms in total. The molecule has 2 N–H and O–H groups in total. The molecule has 0 bridgehead atoms. The summed E-state index contributed by atoms with van der Waals surface area (Å²) in [6.07, 6.45) is 0. The number of hydrogen-bond acceptors (Lipinski definition) is 6. The summed E-state index contributed by atoms with van der Waals surface area (Å²) in [5.74, 6) is 1.73. The number of aromatic nitrogens is 1. The van der Waals surface area contributed by atoms with E-state index in [0.717, 1.165) is 33.5 Å². The maximum Gasteiger partial charge on any atom is 0.321 e. The number of fused-ring (bicyclic) bond motifs is 4. The lowest BCUT2D eigenvalue weighted by molar-refractivity contribution is 0.0110. The Kier molecular flexibility index (Phi) is 7.20. The number of carbonyl (C=O) groups excluding carboxylic acids is 1. The largest absolute Gasteiger partial charge is 0.497 e. The number of aryl methyl sites for hydroxylation is 1. The van der Waals surface area contributed by atoms with Gasteiger partial charge < -0.3 is 34.1 Å². The van der Waals surface area contributed by atoms with Crippen LogP contribution in [0.25, 0.3) is 10.9 Å². The first-order valence-corrected chi connectivity index (χ1v) is 13.8. The molecule has 42 heavy (non-hydrogen) atoms. The molecule has 0 unspecified atom stereocenters. The van der Waals surface area contributed by atoms with Gasteiger partial charge in [-0.25, -0.2) is 9.18 Å². The minimum absolute atomic E-state index is 0.0742. The van der Waals surface area contributed by atoms with Crippen LogP contribution in [0.5, 0.6) is 17.2 Å². The molecular formula is C32H35FN4O5. The molecule has 0 radical (unpaired) electrons. The number of halogens is 1. The van der Waals surface area contributed by atoms with E-state index in [4.69, 9.17) is 14.2 Å². The lowest BCUT2D eigenvalue weighted by Crippen LogP contribution is -2.68. The van der Waals surface area contributed by atoms with Gasteiger partial charge in [0.15, 0.2) is 0 Å². The van der Waals surface area contributed by atoms with Gasteiger partial charge in [0.05, 0.1) is 39.5 Å². The summed E-state index contributed by atoms with van der Waals surface area (Å²) >= 11 is 0. The van der Waals surface area contributed by atoms with Gasteiger partial charge in [0.25, 0.3) is 0 Å². The lowest BCUT2D eigenvalue weighted by atomic mass is 9.68. The molecule has 1 saturated heterocycles. The van der Waals surface area contributed by atoms with Crippen LogP contribution in [0.15, 0.2) is 60.7 Å². The van der Waals surface area contributed by atoms with E-state index in [9.17, 15) is 14.3 Å². The topological polar surface area (TPSA) is 88.4 Å². The van der Waals surface area contributed by atoms with Crippen LogP contribution in [0.3, 0.4) is 0 Å². The molecule has 1 atom stereocenters. The number of aliphatic hydroxyl groups excluding tert-OH is 1. The van der Waals surface area contributed by atoms with E-state index in [0.29, 0.717) is 43.4 Å². The van der Waals surface area contributed by atoms with E-state index in [1.54, 1.807) is 38.4 Å². The molecular weight excluding hydrogens is 539 g/mol. The standard InChI is InChI=1S/C32H35FN4O5/c1-35-27-14-23(40-2)8-9-26(27)29-30(35)28(16-38)36(15-20-10-24(41-3)13-25(11-20)42-4)17-32(29)18-37(19-32)31(39)34-22-7-5-6-21(33)12-22/h5-14,28,38H,15-19H2,1-4H3,(H,34,39)/t28-/m1/s1. The number of urea groups is 1. The number of anilines is 1. The zero-order chi connectivity index (χ0) is 29.6. The second-order valence-corrected chi connectivity index (χ2v) is 11.1. The van der Waals surface area contributed by atoms with E-state index in [2.05, 4.69) is 20.9 Å². The van der Waals surface area contributed by atoms with Crippen molar-refractivity contribution in [2.75, 3.05) is 52.9 Å². The van der Waals surface area contributed by atoms with Crippen molar-refractivity contribution in [3.05, 3.63) is 83.3 Å². The maximum absolute atomic E-state index is 13.7.